The van der Waals surface area contributed by atoms with Crippen molar-refractivity contribution in [1.29, 1.82) is 0 Å². The number of hydrogen-bond donors (Lipinski definition) is 1. The summed E-state index contributed by atoms with van der Waals surface area (Å²) in [6.45, 7) is 6.77. The van der Waals surface area contributed by atoms with Crippen molar-refractivity contribution >= 4 is 11.6 Å². The molecule has 1 aromatic heterocycles. The van der Waals surface area contributed by atoms with Crippen LogP contribution in [-0.2, 0) is 14.3 Å². The molecule has 6 heteroatoms. The Morgan fingerprint density at radius 2 is 2.23 bits per heavy atom. The number of carbonyl (C=O) groups excluding carboxylic acids is 1. The minimum atomic E-state index is -0.546. The lowest BCUT2D eigenvalue weighted by Crippen LogP contribution is -2.32. The van der Waals surface area contributed by atoms with Crippen LogP contribution >= 0.6 is 0 Å². The third-order valence-corrected chi connectivity index (χ3v) is 4.58. The highest BCUT2D eigenvalue weighted by atomic mass is 16.5. The van der Waals surface area contributed by atoms with Crippen LogP contribution in [0.2, 0.25) is 0 Å². The summed E-state index contributed by atoms with van der Waals surface area (Å²) >= 11 is 0. The number of carbonyl (C=O) groups is 1. The van der Waals surface area contributed by atoms with Crippen LogP contribution in [0.4, 0.5) is 5.69 Å². The van der Waals surface area contributed by atoms with E-state index in [4.69, 9.17) is 13.9 Å². The van der Waals surface area contributed by atoms with Crippen LogP contribution in [0.5, 0.6) is 0 Å². The van der Waals surface area contributed by atoms with Gasteiger partial charge in [0.15, 0.2) is 0 Å². The van der Waals surface area contributed by atoms with Crippen molar-refractivity contribution in [1.82, 2.24) is 4.98 Å². The number of ether oxygens (including phenoxy) is 2. The molecular formula is C20H26N2O4. The maximum atomic E-state index is 12.4. The molecule has 1 aromatic carbocycles. The second-order valence-electron chi connectivity index (χ2n) is 6.69. The number of nitrogens with zero attached hydrogens (tertiary/aromatic N) is 1. The van der Waals surface area contributed by atoms with Gasteiger partial charge in [-0.2, -0.15) is 0 Å². The Bertz CT molecular complexity index is 731. The molecule has 1 aliphatic heterocycles. The Kier molecular flexibility index (Phi) is 6.06. The van der Waals surface area contributed by atoms with E-state index in [2.05, 4.69) is 10.3 Å². The summed E-state index contributed by atoms with van der Waals surface area (Å²) in [5.74, 6) is 1.16. The highest BCUT2D eigenvalue weighted by Crippen LogP contribution is 2.24. The molecule has 3 rings (SSSR count). The first-order chi connectivity index (χ1) is 12.5. The summed E-state index contributed by atoms with van der Waals surface area (Å²) in [4.78, 5) is 16.8. The van der Waals surface area contributed by atoms with E-state index in [1.54, 1.807) is 6.92 Å². The highest BCUT2D eigenvalue weighted by molar-refractivity contribution is 5.94. The van der Waals surface area contributed by atoms with Gasteiger partial charge in [-0.1, -0.05) is 6.07 Å². The third kappa shape index (κ3) is 4.71. The summed E-state index contributed by atoms with van der Waals surface area (Å²) in [6.07, 6.45) is 2.80. The maximum absolute atomic E-state index is 12.4. The molecule has 1 amide bonds. The van der Waals surface area contributed by atoms with Gasteiger partial charge in [0.1, 0.15) is 11.9 Å². The van der Waals surface area contributed by atoms with E-state index < -0.39 is 6.10 Å². The van der Waals surface area contributed by atoms with E-state index in [9.17, 15) is 4.79 Å². The topological polar surface area (TPSA) is 73.6 Å². The molecule has 1 aliphatic rings. The standard InChI is InChI=1S/C20H26N2O4/c1-13-14(2)26-20(21-13)16-7-6-8-17(11-16)22-19(23)15(3)25-12-18-9-4-5-10-24-18/h6-8,11,15,18H,4-5,9-10,12H2,1-3H3,(H,22,23)/t15-,18+/m1/s1. The average Bonchev–Trinajstić information content (AvgIpc) is 2.99. The molecule has 1 fully saturated rings. The molecule has 6 nitrogen and oxygen atoms in total. The lowest BCUT2D eigenvalue weighted by molar-refractivity contribution is -0.130. The second kappa shape index (κ2) is 8.47. The van der Waals surface area contributed by atoms with Crippen molar-refractivity contribution < 1.29 is 18.7 Å². The Morgan fingerprint density at radius 1 is 1.38 bits per heavy atom. The molecule has 0 aliphatic carbocycles. The Balaban J connectivity index is 1.57. The molecule has 0 spiro atoms. The zero-order valence-electron chi connectivity index (χ0n) is 15.6. The van der Waals surface area contributed by atoms with Crippen LogP contribution in [0.25, 0.3) is 11.5 Å². The number of amides is 1. The molecule has 0 saturated carbocycles. The largest absolute Gasteiger partial charge is 0.441 e. The van der Waals surface area contributed by atoms with Crippen molar-refractivity contribution in [3.05, 3.63) is 35.7 Å². The van der Waals surface area contributed by atoms with Gasteiger partial charge in [-0.25, -0.2) is 4.98 Å². The second-order valence-corrected chi connectivity index (χ2v) is 6.69. The molecule has 1 saturated heterocycles. The van der Waals surface area contributed by atoms with Crippen LogP contribution in [0.3, 0.4) is 0 Å². The molecule has 2 aromatic rings. The van der Waals surface area contributed by atoms with E-state index in [0.717, 1.165) is 42.9 Å². The van der Waals surface area contributed by atoms with Crippen LogP contribution in [0.15, 0.2) is 28.7 Å². The number of anilines is 1. The lowest BCUT2D eigenvalue weighted by atomic mass is 10.1. The average molecular weight is 358 g/mol. The van der Waals surface area contributed by atoms with Gasteiger partial charge in [-0.3, -0.25) is 4.79 Å². The van der Waals surface area contributed by atoms with Crippen molar-refractivity contribution in [2.75, 3.05) is 18.5 Å². The molecule has 26 heavy (non-hydrogen) atoms. The molecular weight excluding hydrogens is 332 g/mol. The Morgan fingerprint density at radius 3 is 2.92 bits per heavy atom. The number of oxazole rings is 1. The van der Waals surface area contributed by atoms with Gasteiger partial charge in [0, 0.05) is 17.9 Å². The van der Waals surface area contributed by atoms with Crippen LogP contribution in [0, 0.1) is 13.8 Å². The Labute approximate surface area is 153 Å². The van der Waals surface area contributed by atoms with Crippen molar-refractivity contribution in [3.63, 3.8) is 0 Å². The summed E-state index contributed by atoms with van der Waals surface area (Å²) in [5, 5.41) is 2.89. The lowest BCUT2D eigenvalue weighted by Gasteiger charge is -2.23. The van der Waals surface area contributed by atoms with Crippen molar-refractivity contribution in [3.8, 4) is 11.5 Å². The fraction of sp³-hybridized carbons (Fsp3) is 0.500. The minimum absolute atomic E-state index is 0.0961. The van der Waals surface area contributed by atoms with E-state index in [0.29, 0.717) is 18.2 Å². The molecule has 0 bridgehead atoms. The highest BCUT2D eigenvalue weighted by Gasteiger charge is 2.19. The zero-order valence-corrected chi connectivity index (χ0v) is 15.6. The molecule has 0 unspecified atom stereocenters. The first-order valence-corrected chi connectivity index (χ1v) is 9.11. The normalized spacial score (nSPS) is 18.5. The Hall–Kier alpha value is -2.18. The van der Waals surface area contributed by atoms with E-state index in [-0.39, 0.29) is 12.0 Å². The molecule has 2 heterocycles. The first kappa shape index (κ1) is 18.6. The van der Waals surface area contributed by atoms with Gasteiger partial charge in [0.2, 0.25) is 5.89 Å². The number of benzene rings is 1. The fourth-order valence-corrected chi connectivity index (χ4v) is 2.84. The van der Waals surface area contributed by atoms with Gasteiger partial charge in [0.05, 0.1) is 18.4 Å². The molecule has 0 radical (unpaired) electrons. The minimum Gasteiger partial charge on any atom is -0.441 e. The zero-order chi connectivity index (χ0) is 18.5. The summed E-state index contributed by atoms with van der Waals surface area (Å²) in [5.41, 5.74) is 2.37. The number of rotatable bonds is 6. The summed E-state index contributed by atoms with van der Waals surface area (Å²) in [6, 6.07) is 7.45. The predicted molar refractivity (Wildman–Crippen MR) is 99.0 cm³/mol. The number of hydrogen-bond acceptors (Lipinski definition) is 5. The summed E-state index contributed by atoms with van der Waals surface area (Å²) in [7, 11) is 0. The van der Waals surface area contributed by atoms with E-state index in [1.165, 1.54) is 0 Å². The van der Waals surface area contributed by atoms with E-state index in [1.807, 2.05) is 38.1 Å². The monoisotopic (exact) mass is 358 g/mol. The predicted octanol–water partition coefficient (Wildman–Crippen LogP) is 3.87. The smallest absolute Gasteiger partial charge is 0.253 e. The molecule has 140 valence electrons. The van der Waals surface area contributed by atoms with Gasteiger partial charge < -0.3 is 19.2 Å². The summed E-state index contributed by atoms with van der Waals surface area (Å²) < 4.78 is 17.0. The van der Waals surface area contributed by atoms with Gasteiger partial charge >= 0.3 is 0 Å². The van der Waals surface area contributed by atoms with Crippen molar-refractivity contribution in [2.24, 2.45) is 0 Å². The van der Waals surface area contributed by atoms with Crippen LogP contribution in [-0.4, -0.2) is 36.3 Å². The van der Waals surface area contributed by atoms with Gasteiger partial charge in [0.25, 0.3) is 5.91 Å². The van der Waals surface area contributed by atoms with Crippen LogP contribution in [0.1, 0.15) is 37.6 Å². The third-order valence-electron chi connectivity index (χ3n) is 4.58. The van der Waals surface area contributed by atoms with Crippen LogP contribution < -0.4 is 5.32 Å². The fourth-order valence-electron chi connectivity index (χ4n) is 2.84. The molecule has 1 N–H and O–H groups in total. The van der Waals surface area contributed by atoms with Crippen molar-refractivity contribution in [2.45, 2.75) is 52.2 Å². The first-order valence-electron chi connectivity index (χ1n) is 9.11. The quantitative estimate of drug-likeness (QED) is 0.848. The maximum Gasteiger partial charge on any atom is 0.253 e. The molecule has 2 atom stereocenters. The van der Waals surface area contributed by atoms with Gasteiger partial charge in [-0.05, 0) is 58.2 Å². The number of nitrogens with one attached hydrogen (secondary N) is 1. The van der Waals surface area contributed by atoms with Gasteiger partial charge in [-0.15, -0.1) is 0 Å². The SMILES string of the molecule is Cc1nc(-c2cccc(NC(=O)[C@@H](C)OC[C@@H]3CCCCO3)c2)oc1C. The van der Waals surface area contributed by atoms with E-state index >= 15 is 0 Å². The number of aryl methyl sites for hydroxylation is 2. The number of aromatic nitrogens is 1.